The molecule has 1 heterocycles. The fourth-order valence-corrected chi connectivity index (χ4v) is 2.60. The number of benzene rings is 2. The second-order valence-electron chi connectivity index (χ2n) is 5.34. The van der Waals surface area contributed by atoms with Gasteiger partial charge in [-0.25, -0.2) is 0 Å². The van der Waals surface area contributed by atoms with E-state index < -0.39 is 6.10 Å². The minimum atomic E-state index is -0.898. The second kappa shape index (κ2) is 6.15. The van der Waals surface area contributed by atoms with Crippen LogP contribution in [0.5, 0.6) is 5.75 Å². The number of aliphatic hydroxyl groups excluding tert-OH is 1. The summed E-state index contributed by atoms with van der Waals surface area (Å²) in [7, 11) is 0. The molecule has 3 rings (SSSR count). The Balaban J connectivity index is 1.64. The minimum absolute atomic E-state index is 0.0115. The number of hydrogen-bond acceptors (Lipinski definition) is 4. The summed E-state index contributed by atoms with van der Waals surface area (Å²) >= 11 is 0. The number of ether oxygens (including phenoxy) is 1. The fraction of sp³-hybridized carbons (Fsp3) is 0.294. The monoisotopic (exact) mass is 299 g/mol. The maximum Gasteiger partial charge on any atom is 0.229 e. The van der Waals surface area contributed by atoms with Gasteiger partial charge in [-0.05, 0) is 11.5 Å². The van der Waals surface area contributed by atoms with Gasteiger partial charge in [0.15, 0.2) is 0 Å². The van der Waals surface area contributed by atoms with E-state index in [-0.39, 0.29) is 37.8 Å². The van der Waals surface area contributed by atoms with Crippen molar-refractivity contribution in [2.75, 3.05) is 13.2 Å². The summed E-state index contributed by atoms with van der Waals surface area (Å²) in [5.41, 5.74) is 0. The van der Waals surface area contributed by atoms with E-state index in [1.54, 1.807) is 0 Å². The van der Waals surface area contributed by atoms with E-state index in [1.165, 1.54) is 0 Å². The van der Waals surface area contributed by atoms with Crippen molar-refractivity contribution < 1.29 is 19.4 Å². The van der Waals surface area contributed by atoms with Gasteiger partial charge in [0.25, 0.3) is 0 Å². The molecule has 1 saturated heterocycles. The van der Waals surface area contributed by atoms with Crippen molar-refractivity contribution in [2.45, 2.75) is 18.9 Å². The lowest BCUT2D eigenvalue weighted by Crippen LogP contribution is -2.38. The van der Waals surface area contributed by atoms with Crippen LogP contribution < -0.4 is 4.74 Å². The molecule has 114 valence electrons. The van der Waals surface area contributed by atoms with E-state index in [1.807, 2.05) is 42.5 Å². The fourth-order valence-electron chi connectivity index (χ4n) is 2.60. The number of carbonyl (C=O) groups excluding carboxylic acids is 2. The molecule has 0 saturated carbocycles. The van der Waals surface area contributed by atoms with Gasteiger partial charge in [-0.3, -0.25) is 14.5 Å². The first-order valence-corrected chi connectivity index (χ1v) is 7.27. The number of aliphatic hydroxyl groups is 1. The lowest BCUT2D eigenvalue weighted by atomic mass is 10.1. The van der Waals surface area contributed by atoms with Gasteiger partial charge < -0.3 is 9.84 Å². The van der Waals surface area contributed by atoms with Crippen molar-refractivity contribution in [1.29, 1.82) is 0 Å². The van der Waals surface area contributed by atoms with E-state index in [0.29, 0.717) is 5.75 Å². The van der Waals surface area contributed by atoms with Crippen molar-refractivity contribution in [3.63, 3.8) is 0 Å². The first kappa shape index (κ1) is 14.5. The number of carbonyl (C=O) groups is 2. The predicted octanol–water partition coefficient (Wildman–Crippen LogP) is 1.73. The molecule has 0 unspecified atom stereocenters. The summed E-state index contributed by atoms with van der Waals surface area (Å²) < 4.78 is 5.66. The van der Waals surface area contributed by atoms with Crippen LogP contribution >= 0.6 is 0 Å². The maximum absolute atomic E-state index is 11.5. The Morgan fingerprint density at radius 1 is 1.05 bits per heavy atom. The largest absolute Gasteiger partial charge is 0.490 e. The summed E-state index contributed by atoms with van der Waals surface area (Å²) in [4.78, 5) is 24.2. The van der Waals surface area contributed by atoms with E-state index in [0.717, 1.165) is 15.7 Å². The zero-order valence-corrected chi connectivity index (χ0v) is 12.1. The van der Waals surface area contributed by atoms with Gasteiger partial charge in [-0.15, -0.1) is 0 Å². The molecule has 2 amide bonds. The van der Waals surface area contributed by atoms with Crippen LogP contribution in [-0.4, -0.2) is 41.1 Å². The zero-order valence-electron chi connectivity index (χ0n) is 12.1. The highest BCUT2D eigenvalue weighted by atomic mass is 16.5. The number of nitrogens with zero attached hydrogens (tertiary/aromatic N) is 1. The molecule has 1 N–H and O–H groups in total. The van der Waals surface area contributed by atoms with Gasteiger partial charge >= 0.3 is 0 Å². The molecule has 1 atom stereocenters. The molecule has 5 nitrogen and oxygen atoms in total. The number of imide groups is 1. The molecule has 0 aromatic heterocycles. The van der Waals surface area contributed by atoms with Crippen molar-refractivity contribution >= 4 is 22.6 Å². The Morgan fingerprint density at radius 2 is 1.73 bits per heavy atom. The Kier molecular flexibility index (Phi) is 4.06. The van der Waals surface area contributed by atoms with Crippen LogP contribution in [0.15, 0.2) is 42.5 Å². The summed E-state index contributed by atoms with van der Waals surface area (Å²) in [5, 5.41) is 12.0. The van der Waals surface area contributed by atoms with Gasteiger partial charge in [-0.2, -0.15) is 0 Å². The number of β-amino-alcohol motifs (C(OH)–C–C–N with tert-alkyl or cyclic N) is 1. The third-order valence-electron chi connectivity index (χ3n) is 3.73. The maximum atomic E-state index is 11.5. The molecular weight excluding hydrogens is 282 g/mol. The molecule has 0 aliphatic carbocycles. The van der Waals surface area contributed by atoms with E-state index in [2.05, 4.69) is 0 Å². The number of amides is 2. The van der Waals surface area contributed by atoms with Crippen LogP contribution in [0.3, 0.4) is 0 Å². The molecule has 1 fully saturated rings. The van der Waals surface area contributed by atoms with E-state index in [9.17, 15) is 14.7 Å². The highest BCUT2D eigenvalue weighted by Gasteiger charge is 2.30. The number of hydrogen-bond donors (Lipinski definition) is 1. The summed E-state index contributed by atoms with van der Waals surface area (Å²) in [5.74, 6) is 0.222. The van der Waals surface area contributed by atoms with E-state index in [4.69, 9.17) is 4.74 Å². The van der Waals surface area contributed by atoms with Crippen molar-refractivity contribution in [2.24, 2.45) is 0 Å². The number of likely N-dealkylation sites (tertiary alicyclic amines) is 1. The van der Waals surface area contributed by atoms with Crippen molar-refractivity contribution in [3.05, 3.63) is 42.5 Å². The topological polar surface area (TPSA) is 66.8 Å². The molecule has 1 aliphatic heterocycles. The van der Waals surface area contributed by atoms with Crippen LogP contribution in [0, 0.1) is 0 Å². The van der Waals surface area contributed by atoms with Crippen molar-refractivity contribution in [3.8, 4) is 5.75 Å². The van der Waals surface area contributed by atoms with Crippen molar-refractivity contribution in [1.82, 2.24) is 4.90 Å². The molecule has 0 spiro atoms. The number of rotatable bonds is 5. The average molecular weight is 299 g/mol. The third-order valence-corrected chi connectivity index (χ3v) is 3.73. The summed E-state index contributed by atoms with van der Waals surface area (Å²) in [6.07, 6.45) is -0.434. The SMILES string of the molecule is O=C1CCC(=O)N1C[C@H](O)COc1cccc2ccccc12. The average Bonchev–Trinajstić information content (AvgIpc) is 2.85. The first-order chi connectivity index (χ1) is 10.6. The van der Waals surface area contributed by atoms with Crippen LogP contribution in [0.25, 0.3) is 10.8 Å². The van der Waals surface area contributed by atoms with Gasteiger partial charge in [0.05, 0.1) is 6.54 Å². The van der Waals surface area contributed by atoms with E-state index >= 15 is 0 Å². The highest BCUT2D eigenvalue weighted by molar-refractivity contribution is 6.01. The molecule has 1 aliphatic rings. The molecule has 2 aromatic rings. The minimum Gasteiger partial charge on any atom is -0.490 e. The lowest BCUT2D eigenvalue weighted by Gasteiger charge is -2.19. The summed E-state index contributed by atoms with van der Waals surface area (Å²) in [6.45, 7) is 0.0213. The molecular formula is C17H17NO4. The zero-order chi connectivity index (χ0) is 15.5. The Hall–Kier alpha value is -2.40. The van der Waals surface area contributed by atoms with Gasteiger partial charge in [-0.1, -0.05) is 36.4 Å². The second-order valence-corrected chi connectivity index (χ2v) is 5.34. The molecule has 22 heavy (non-hydrogen) atoms. The molecule has 0 bridgehead atoms. The Morgan fingerprint density at radius 3 is 2.50 bits per heavy atom. The molecule has 0 radical (unpaired) electrons. The van der Waals surface area contributed by atoms with Crippen LogP contribution in [0.2, 0.25) is 0 Å². The van der Waals surface area contributed by atoms with Crippen LogP contribution in [0.4, 0.5) is 0 Å². The lowest BCUT2D eigenvalue weighted by molar-refractivity contribution is -0.140. The Labute approximate surface area is 128 Å². The van der Waals surface area contributed by atoms with Gasteiger partial charge in [0, 0.05) is 18.2 Å². The highest BCUT2D eigenvalue weighted by Crippen LogP contribution is 2.25. The van der Waals surface area contributed by atoms with Gasteiger partial charge in [0.2, 0.25) is 11.8 Å². The smallest absolute Gasteiger partial charge is 0.229 e. The summed E-state index contributed by atoms with van der Waals surface area (Å²) in [6, 6.07) is 13.5. The van der Waals surface area contributed by atoms with Gasteiger partial charge in [0.1, 0.15) is 18.5 Å². The molecule has 5 heteroatoms. The third kappa shape index (κ3) is 2.94. The van der Waals surface area contributed by atoms with Crippen LogP contribution in [0.1, 0.15) is 12.8 Å². The Bertz CT molecular complexity index is 691. The standard InChI is InChI=1S/C17H17NO4/c19-13(10-18-16(20)8-9-17(18)21)11-22-15-7-3-5-12-4-1-2-6-14(12)15/h1-7,13,19H,8-11H2/t13-/m0/s1. The normalized spacial score (nSPS) is 16.3. The quantitative estimate of drug-likeness (QED) is 0.854. The number of fused-ring (bicyclic) bond motifs is 1. The first-order valence-electron chi connectivity index (χ1n) is 7.27. The molecule has 2 aromatic carbocycles. The van der Waals surface area contributed by atoms with Crippen LogP contribution in [-0.2, 0) is 9.59 Å². The predicted molar refractivity (Wildman–Crippen MR) is 81.4 cm³/mol.